The van der Waals surface area contributed by atoms with Crippen LogP contribution in [0.3, 0.4) is 0 Å². The quantitative estimate of drug-likeness (QED) is 0.723. The van der Waals surface area contributed by atoms with E-state index in [0.29, 0.717) is 36.6 Å². The SMILES string of the molecule is COCCOCCOc1cc(F)cc(Br)c1. The van der Waals surface area contributed by atoms with Gasteiger partial charge in [0.15, 0.2) is 0 Å². The Kier molecular flexibility index (Phi) is 6.37. The van der Waals surface area contributed by atoms with Crippen molar-refractivity contribution in [2.75, 3.05) is 33.5 Å². The fourth-order valence-corrected chi connectivity index (χ4v) is 1.52. The Morgan fingerprint density at radius 2 is 1.88 bits per heavy atom. The van der Waals surface area contributed by atoms with Crippen LogP contribution in [0.4, 0.5) is 4.39 Å². The summed E-state index contributed by atoms with van der Waals surface area (Å²) >= 11 is 3.19. The van der Waals surface area contributed by atoms with Gasteiger partial charge in [0, 0.05) is 17.6 Å². The van der Waals surface area contributed by atoms with Gasteiger partial charge in [-0.2, -0.15) is 0 Å². The van der Waals surface area contributed by atoms with Gasteiger partial charge >= 0.3 is 0 Å². The summed E-state index contributed by atoms with van der Waals surface area (Å²) in [6.45, 7) is 1.94. The minimum Gasteiger partial charge on any atom is -0.491 e. The van der Waals surface area contributed by atoms with Gasteiger partial charge < -0.3 is 14.2 Å². The molecule has 0 N–H and O–H groups in total. The minimum atomic E-state index is -0.329. The molecule has 1 aromatic carbocycles. The first-order valence-corrected chi connectivity index (χ1v) is 5.67. The smallest absolute Gasteiger partial charge is 0.128 e. The summed E-state index contributed by atoms with van der Waals surface area (Å²) in [7, 11) is 1.62. The Hall–Kier alpha value is -0.650. The van der Waals surface area contributed by atoms with Crippen molar-refractivity contribution >= 4 is 15.9 Å². The zero-order chi connectivity index (χ0) is 11.8. The van der Waals surface area contributed by atoms with Crippen LogP contribution in [0.5, 0.6) is 5.75 Å². The van der Waals surface area contributed by atoms with E-state index in [1.807, 2.05) is 0 Å². The molecule has 0 radical (unpaired) electrons. The molecule has 0 spiro atoms. The predicted octanol–water partition coefficient (Wildman–Crippen LogP) is 2.63. The monoisotopic (exact) mass is 292 g/mol. The van der Waals surface area contributed by atoms with Gasteiger partial charge in [-0.25, -0.2) is 4.39 Å². The lowest BCUT2D eigenvalue weighted by atomic mass is 10.3. The second-order valence-electron chi connectivity index (χ2n) is 3.06. The third-order valence-electron chi connectivity index (χ3n) is 1.76. The highest BCUT2D eigenvalue weighted by Crippen LogP contribution is 2.20. The van der Waals surface area contributed by atoms with Crippen molar-refractivity contribution in [2.45, 2.75) is 0 Å². The van der Waals surface area contributed by atoms with E-state index in [-0.39, 0.29) is 5.82 Å². The van der Waals surface area contributed by atoms with Crippen LogP contribution < -0.4 is 4.74 Å². The van der Waals surface area contributed by atoms with Gasteiger partial charge in [-0.1, -0.05) is 15.9 Å². The van der Waals surface area contributed by atoms with Crippen molar-refractivity contribution in [2.24, 2.45) is 0 Å². The van der Waals surface area contributed by atoms with Crippen molar-refractivity contribution in [3.05, 3.63) is 28.5 Å². The number of hydrogen-bond donors (Lipinski definition) is 0. The van der Waals surface area contributed by atoms with Crippen molar-refractivity contribution in [3.8, 4) is 5.75 Å². The van der Waals surface area contributed by atoms with Crippen LogP contribution in [0.1, 0.15) is 0 Å². The molecule has 0 aliphatic heterocycles. The second-order valence-corrected chi connectivity index (χ2v) is 3.97. The maximum atomic E-state index is 12.9. The Bertz CT molecular complexity index is 300. The number of rotatable bonds is 7. The van der Waals surface area contributed by atoms with Gasteiger partial charge in [-0.15, -0.1) is 0 Å². The molecule has 3 nitrogen and oxygen atoms in total. The first kappa shape index (κ1) is 13.4. The molecule has 0 fully saturated rings. The van der Waals surface area contributed by atoms with Gasteiger partial charge in [0.05, 0.1) is 19.8 Å². The van der Waals surface area contributed by atoms with Crippen LogP contribution in [0.15, 0.2) is 22.7 Å². The second kappa shape index (κ2) is 7.60. The fourth-order valence-electron chi connectivity index (χ4n) is 1.07. The van der Waals surface area contributed by atoms with Crippen LogP contribution in [-0.4, -0.2) is 33.5 Å². The first-order valence-electron chi connectivity index (χ1n) is 4.88. The van der Waals surface area contributed by atoms with E-state index < -0.39 is 0 Å². The average molecular weight is 293 g/mol. The lowest BCUT2D eigenvalue weighted by molar-refractivity contribution is 0.0544. The van der Waals surface area contributed by atoms with Crippen molar-refractivity contribution in [3.63, 3.8) is 0 Å². The van der Waals surface area contributed by atoms with Crippen LogP contribution in [0, 0.1) is 5.82 Å². The van der Waals surface area contributed by atoms with Crippen LogP contribution in [0.2, 0.25) is 0 Å². The van der Waals surface area contributed by atoms with Gasteiger partial charge in [0.2, 0.25) is 0 Å². The van der Waals surface area contributed by atoms with E-state index in [2.05, 4.69) is 15.9 Å². The zero-order valence-electron chi connectivity index (χ0n) is 9.04. The molecule has 1 aromatic rings. The fraction of sp³-hybridized carbons (Fsp3) is 0.455. The average Bonchev–Trinajstić information content (AvgIpc) is 2.22. The topological polar surface area (TPSA) is 27.7 Å². The molecule has 1 rings (SSSR count). The van der Waals surface area contributed by atoms with Crippen molar-refractivity contribution in [1.29, 1.82) is 0 Å². The summed E-state index contributed by atoms with van der Waals surface area (Å²) in [4.78, 5) is 0. The molecule has 0 aromatic heterocycles. The third-order valence-corrected chi connectivity index (χ3v) is 2.22. The van der Waals surface area contributed by atoms with Gasteiger partial charge in [-0.3, -0.25) is 0 Å². The number of methoxy groups -OCH3 is 1. The molecule has 5 heteroatoms. The molecule has 0 saturated carbocycles. The number of benzene rings is 1. The lowest BCUT2D eigenvalue weighted by Crippen LogP contribution is -2.10. The highest BCUT2D eigenvalue weighted by atomic mass is 79.9. The summed E-state index contributed by atoms with van der Waals surface area (Å²) in [6.07, 6.45) is 0. The van der Waals surface area contributed by atoms with Gasteiger partial charge in [0.1, 0.15) is 18.2 Å². The first-order chi connectivity index (χ1) is 7.72. The van der Waals surface area contributed by atoms with Crippen LogP contribution >= 0.6 is 15.9 Å². The summed E-state index contributed by atoms with van der Waals surface area (Å²) in [5.74, 6) is 0.159. The van der Waals surface area contributed by atoms with E-state index in [4.69, 9.17) is 14.2 Å². The summed E-state index contributed by atoms with van der Waals surface area (Å²) in [6, 6.07) is 4.42. The Morgan fingerprint density at radius 1 is 1.12 bits per heavy atom. The third kappa shape index (κ3) is 5.44. The maximum Gasteiger partial charge on any atom is 0.128 e. The normalized spacial score (nSPS) is 10.4. The molecule has 90 valence electrons. The summed E-state index contributed by atoms with van der Waals surface area (Å²) < 4.78 is 28.9. The zero-order valence-corrected chi connectivity index (χ0v) is 10.6. The molecule has 0 aliphatic rings. The van der Waals surface area contributed by atoms with Crippen molar-refractivity contribution < 1.29 is 18.6 Å². The van der Waals surface area contributed by atoms with E-state index in [1.165, 1.54) is 12.1 Å². The molecule has 0 saturated heterocycles. The molecule has 0 atom stereocenters. The van der Waals surface area contributed by atoms with Gasteiger partial charge in [0.25, 0.3) is 0 Å². The number of halogens is 2. The summed E-state index contributed by atoms with van der Waals surface area (Å²) in [5.41, 5.74) is 0. The van der Waals surface area contributed by atoms with E-state index in [1.54, 1.807) is 13.2 Å². The largest absolute Gasteiger partial charge is 0.491 e. The predicted molar refractivity (Wildman–Crippen MR) is 62.3 cm³/mol. The maximum absolute atomic E-state index is 12.9. The molecule has 0 amide bonds. The molecule has 0 heterocycles. The Balaban J connectivity index is 2.21. The molecular weight excluding hydrogens is 279 g/mol. The Labute approximate surface area is 103 Å². The molecular formula is C11H14BrFO3. The van der Waals surface area contributed by atoms with Crippen molar-refractivity contribution in [1.82, 2.24) is 0 Å². The van der Waals surface area contributed by atoms with E-state index >= 15 is 0 Å². The van der Waals surface area contributed by atoms with Gasteiger partial charge in [-0.05, 0) is 12.1 Å². The molecule has 0 bridgehead atoms. The summed E-state index contributed by atoms with van der Waals surface area (Å²) in [5, 5.41) is 0. The van der Waals surface area contributed by atoms with Crippen LogP contribution in [-0.2, 0) is 9.47 Å². The standard InChI is InChI=1S/C11H14BrFO3/c1-14-2-3-15-4-5-16-11-7-9(12)6-10(13)8-11/h6-8H,2-5H2,1H3. The highest BCUT2D eigenvalue weighted by molar-refractivity contribution is 9.10. The lowest BCUT2D eigenvalue weighted by Gasteiger charge is -2.07. The Morgan fingerprint density at radius 3 is 2.56 bits per heavy atom. The van der Waals surface area contributed by atoms with E-state index in [0.717, 1.165) is 0 Å². The minimum absolute atomic E-state index is 0.329. The van der Waals surface area contributed by atoms with E-state index in [9.17, 15) is 4.39 Å². The molecule has 0 unspecified atom stereocenters. The molecule has 16 heavy (non-hydrogen) atoms. The van der Waals surface area contributed by atoms with Crippen LogP contribution in [0.25, 0.3) is 0 Å². The molecule has 0 aliphatic carbocycles. The highest BCUT2D eigenvalue weighted by Gasteiger charge is 1.99. The number of ether oxygens (including phenoxy) is 3. The number of hydrogen-bond acceptors (Lipinski definition) is 3.